The summed E-state index contributed by atoms with van der Waals surface area (Å²) in [7, 11) is 0. The molecule has 4 aromatic rings. The molecule has 156 valence electrons. The van der Waals surface area contributed by atoms with Gasteiger partial charge in [-0.3, -0.25) is 10.4 Å². The number of fused-ring (bicyclic) bond motifs is 1. The van der Waals surface area contributed by atoms with Crippen LogP contribution in [0.15, 0.2) is 73.1 Å². The van der Waals surface area contributed by atoms with Crippen LogP contribution in [0.1, 0.15) is 0 Å². The monoisotopic (exact) mass is 414 g/mol. The van der Waals surface area contributed by atoms with Crippen LogP contribution in [0.2, 0.25) is 0 Å². The van der Waals surface area contributed by atoms with Crippen LogP contribution in [0.25, 0.3) is 33.3 Å². The SMILES string of the molecule is NNC(=O)Nc1cc(-c2ccc(-c3ccc(NCCO)cc3)cc2)nc2ccncc12. The van der Waals surface area contributed by atoms with Crippen LogP contribution in [-0.2, 0) is 0 Å². The maximum atomic E-state index is 11.8. The number of anilines is 2. The second-order valence-electron chi connectivity index (χ2n) is 6.85. The lowest BCUT2D eigenvalue weighted by atomic mass is 10.0. The summed E-state index contributed by atoms with van der Waals surface area (Å²) in [4.78, 5) is 20.6. The number of carbonyl (C=O) groups excluding carboxylic acids is 1. The molecule has 0 saturated heterocycles. The van der Waals surface area contributed by atoms with Gasteiger partial charge in [0.15, 0.2) is 0 Å². The molecule has 0 aliphatic rings. The van der Waals surface area contributed by atoms with Crippen molar-refractivity contribution >= 4 is 28.3 Å². The highest BCUT2D eigenvalue weighted by Gasteiger charge is 2.10. The number of hydrogen-bond acceptors (Lipinski definition) is 6. The fourth-order valence-corrected chi connectivity index (χ4v) is 3.29. The van der Waals surface area contributed by atoms with Gasteiger partial charge in [0.25, 0.3) is 0 Å². The van der Waals surface area contributed by atoms with Gasteiger partial charge >= 0.3 is 6.03 Å². The molecule has 31 heavy (non-hydrogen) atoms. The van der Waals surface area contributed by atoms with Crippen LogP contribution in [0.3, 0.4) is 0 Å². The van der Waals surface area contributed by atoms with E-state index in [4.69, 9.17) is 15.9 Å². The molecule has 2 aromatic heterocycles. The van der Waals surface area contributed by atoms with E-state index >= 15 is 0 Å². The number of carbonyl (C=O) groups is 1. The van der Waals surface area contributed by atoms with Gasteiger partial charge in [0.1, 0.15) is 0 Å². The molecule has 0 bridgehead atoms. The van der Waals surface area contributed by atoms with Crippen molar-refractivity contribution in [2.45, 2.75) is 0 Å². The number of aliphatic hydroxyl groups excluding tert-OH is 1. The number of nitrogens with one attached hydrogen (secondary N) is 3. The third-order valence-electron chi connectivity index (χ3n) is 4.83. The maximum absolute atomic E-state index is 11.8. The number of nitrogens with zero attached hydrogens (tertiary/aromatic N) is 2. The number of hydrazine groups is 1. The molecule has 0 aliphatic heterocycles. The Morgan fingerprint density at radius 3 is 2.32 bits per heavy atom. The molecule has 0 aliphatic carbocycles. The Morgan fingerprint density at radius 1 is 0.968 bits per heavy atom. The second kappa shape index (κ2) is 9.21. The van der Waals surface area contributed by atoms with Gasteiger partial charge in [0, 0.05) is 35.6 Å². The van der Waals surface area contributed by atoms with Crippen molar-refractivity contribution in [2.24, 2.45) is 5.84 Å². The van der Waals surface area contributed by atoms with E-state index in [1.165, 1.54) is 0 Å². The topological polar surface area (TPSA) is 125 Å². The van der Waals surface area contributed by atoms with Gasteiger partial charge in [-0.15, -0.1) is 0 Å². The molecule has 2 heterocycles. The summed E-state index contributed by atoms with van der Waals surface area (Å²) in [5.41, 5.74) is 8.12. The average Bonchev–Trinajstić information content (AvgIpc) is 2.83. The van der Waals surface area contributed by atoms with Crippen molar-refractivity contribution in [3.63, 3.8) is 0 Å². The van der Waals surface area contributed by atoms with Gasteiger partial charge < -0.3 is 15.7 Å². The largest absolute Gasteiger partial charge is 0.395 e. The van der Waals surface area contributed by atoms with E-state index in [0.717, 1.165) is 39.0 Å². The normalized spacial score (nSPS) is 10.6. The first-order valence-electron chi connectivity index (χ1n) is 9.76. The zero-order valence-electron chi connectivity index (χ0n) is 16.7. The second-order valence-corrected chi connectivity index (χ2v) is 6.85. The Kier molecular flexibility index (Phi) is 6.02. The van der Waals surface area contributed by atoms with Gasteiger partial charge in [-0.2, -0.15) is 0 Å². The van der Waals surface area contributed by atoms with E-state index in [1.54, 1.807) is 24.5 Å². The standard InChI is InChI=1S/C23H22N6O2/c24-29-23(31)28-22-13-21(27-20-9-10-25-14-19(20)22)17-3-1-15(2-4-17)16-5-7-18(8-6-16)26-11-12-30/h1-10,13-14,26,30H,11-12,24H2,(H2,27,28,29,31). The number of pyridine rings is 2. The lowest BCUT2D eigenvalue weighted by Gasteiger charge is -2.11. The summed E-state index contributed by atoms with van der Waals surface area (Å²) >= 11 is 0. The van der Waals surface area contributed by atoms with E-state index in [0.29, 0.717) is 12.2 Å². The number of nitrogens with two attached hydrogens (primary N) is 1. The van der Waals surface area contributed by atoms with E-state index in [1.807, 2.05) is 48.5 Å². The summed E-state index contributed by atoms with van der Waals surface area (Å²) in [6, 6.07) is 19.2. The molecule has 0 spiro atoms. The van der Waals surface area contributed by atoms with Gasteiger partial charge in [0.05, 0.1) is 23.5 Å². The highest BCUT2D eigenvalue weighted by atomic mass is 16.3. The first-order chi connectivity index (χ1) is 15.2. The van der Waals surface area contributed by atoms with E-state index in [9.17, 15) is 4.79 Å². The van der Waals surface area contributed by atoms with Crippen LogP contribution in [0, 0.1) is 0 Å². The zero-order chi connectivity index (χ0) is 21.6. The van der Waals surface area contributed by atoms with Crippen LogP contribution in [0.4, 0.5) is 16.2 Å². The van der Waals surface area contributed by atoms with Crippen molar-refractivity contribution in [1.29, 1.82) is 0 Å². The number of rotatable bonds is 6. The molecule has 2 aromatic carbocycles. The Labute approximate surface area is 179 Å². The number of hydrogen-bond donors (Lipinski definition) is 5. The summed E-state index contributed by atoms with van der Waals surface area (Å²) in [5, 5.41) is 15.5. The Morgan fingerprint density at radius 2 is 1.65 bits per heavy atom. The summed E-state index contributed by atoms with van der Waals surface area (Å²) in [5.74, 6) is 5.21. The van der Waals surface area contributed by atoms with E-state index in [-0.39, 0.29) is 6.61 Å². The smallest absolute Gasteiger partial charge is 0.333 e. The minimum atomic E-state index is -0.519. The number of urea groups is 1. The lowest BCUT2D eigenvalue weighted by Crippen LogP contribution is -2.34. The third-order valence-corrected chi connectivity index (χ3v) is 4.83. The molecule has 0 radical (unpaired) electrons. The van der Waals surface area contributed by atoms with Gasteiger partial charge in [-0.1, -0.05) is 36.4 Å². The highest BCUT2D eigenvalue weighted by molar-refractivity contribution is 6.01. The van der Waals surface area contributed by atoms with Gasteiger partial charge in [-0.05, 0) is 35.4 Å². The molecule has 0 fully saturated rings. The predicted molar refractivity (Wildman–Crippen MR) is 122 cm³/mol. The summed E-state index contributed by atoms with van der Waals surface area (Å²) < 4.78 is 0. The fraction of sp³-hybridized carbons (Fsp3) is 0.0870. The predicted octanol–water partition coefficient (Wildman–Crippen LogP) is 3.36. The van der Waals surface area contributed by atoms with Crippen LogP contribution >= 0.6 is 0 Å². The molecule has 8 heteroatoms. The zero-order valence-corrected chi connectivity index (χ0v) is 16.7. The summed E-state index contributed by atoms with van der Waals surface area (Å²) in [6.45, 7) is 0.614. The molecular weight excluding hydrogens is 392 g/mol. The molecule has 8 nitrogen and oxygen atoms in total. The Hall–Kier alpha value is -4.01. The number of aromatic nitrogens is 2. The average molecular weight is 414 g/mol. The molecule has 0 saturated carbocycles. The first-order valence-corrected chi connectivity index (χ1v) is 9.76. The van der Waals surface area contributed by atoms with Crippen molar-refractivity contribution in [1.82, 2.24) is 15.4 Å². The minimum Gasteiger partial charge on any atom is -0.395 e. The third kappa shape index (κ3) is 4.61. The molecule has 4 rings (SSSR count). The molecule has 0 unspecified atom stereocenters. The first kappa shape index (κ1) is 20.3. The molecule has 0 atom stereocenters. The summed E-state index contributed by atoms with van der Waals surface area (Å²) in [6.07, 6.45) is 3.31. The fourth-order valence-electron chi connectivity index (χ4n) is 3.29. The van der Waals surface area contributed by atoms with Crippen LogP contribution in [-0.4, -0.2) is 34.3 Å². The van der Waals surface area contributed by atoms with Gasteiger partial charge in [-0.25, -0.2) is 15.6 Å². The minimum absolute atomic E-state index is 0.0939. The van der Waals surface area contributed by atoms with Crippen molar-refractivity contribution in [3.8, 4) is 22.4 Å². The molecular formula is C23H22N6O2. The molecule has 2 amide bonds. The molecule has 6 N–H and O–H groups in total. The van der Waals surface area contributed by atoms with Crippen LogP contribution < -0.4 is 21.9 Å². The Bertz CT molecular complexity index is 1190. The van der Waals surface area contributed by atoms with Crippen LogP contribution in [0.5, 0.6) is 0 Å². The Balaban J connectivity index is 1.63. The van der Waals surface area contributed by atoms with Gasteiger partial charge in [0.2, 0.25) is 0 Å². The van der Waals surface area contributed by atoms with E-state index < -0.39 is 6.03 Å². The quantitative estimate of drug-likeness (QED) is 0.187. The van der Waals surface area contributed by atoms with Crippen molar-refractivity contribution in [2.75, 3.05) is 23.8 Å². The number of benzene rings is 2. The van der Waals surface area contributed by atoms with Crippen molar-refractivity contribution in [3.05, 3.63) is 73.1 Å². The number of aliphatic hydroxyl groups is 1. The number of amides is 2. The maximum Gasteiger partial charge on any atom is 0.333 e. The van der Waals surface area contributed by atoms with Crippen molar-refractivity contribution < 1.29 is 9.90 Å². The highest BCUT2D eigenvalue weighted by Crippen LogP contribution is 2.29. The van der Waals surface area contributed by atoms with E-state index in [2.05, 4.69) is 21.0 Å². The lowest BCUT2D eigenvalue weighted by molar-refractivity contribution is 0.252.